The van der Waals surface area contributed by atoms with Crippen LogP contribution in [0.25, 0.3) is 0 Å². The first-order valence-corrected chi connectivity index (χ1v) is 7.03. The maximum absolute atomic E-state index is 7.37. The first-order chi connectivity index (χ1) is 9.86. The Morgan fingerprint density at radius 3 is 2.33 bits per heavy atom. The number of rotatable bonds is 4. The van der Waals surface area contributed by atoms with Gasteiger partial charge in [-0.1, -0.05) is 57.2 Å². The Kier molecular flexibility index (Phi) is 4.32. The van der Waals surface area contributed by atoms with Crippen LogP contribution in [0.5, 0.6) is 5.75 Å². The molecule has 0 radical (unpaired) electrons. The predicted molar refractivity (Wildman–Crippen MR) is 86.9 cm³/mol. The van der Waals surface area contributed by atoms with E-state index >= 15 is 0 Å². The minimum atomic E-state index is 0.0837. The molecular weight excluding hydrogens is 260 g/mol. The monoisotopic (exact) mass is 282 g/mol. The zero-order chi connectivity index (χ0) is 15.5. The molecule has 0 aliphatic carbocycles. The van der Waals surface area contributed by atoms with E-state index in [0.29, 0.717) is 6.61 Å². The van der Waals surface area contributed by atoms with Crippen LogP contribution in [0.3, 0.4) is 0 Å². The molecule has 3 N–H and O–H groups in total. The smallest absolute Gasteiger partial charge is 0.122 e. The van der Waals surface area contributed by atoms with Gasteiger partial charge in [0.25, 0.3) is 0 Å². The van der Waals surface area contributed by atoms with E-state index in [9.17, 15) is 0 Å². The van der Waals surface area contributed by atoms with Crippen molar-refractivity contribution >= 4 is 5.84 Å². The molecule has 0 aliphatic heterocycles. The summed E-state index contributed by atoms with van der Waals surface area (Å²) in [7, 11) is 0. The number of hydrogen-bond acceptors (Lipinski definition) is 2. The molecule has 0 saturated carbocycles. The number of nitrogens with one attached hydrogen (secondary N) is 1. The van der Waals surface area contributed by atoms with Gasteiger partial charge in [0, 0.05) is 5.56 Å². The van der Waals surface area contributed by atoms with Gasteiger partial charge in [-0.15, -0.1) is 0 Å². The summed E-state index contributed by atoms with van der Waals surface area (Å²) < 4.78 is 5.84. The molecule has 0 amide bonds. The van der Waals surface area contributed by atoms with Gasteiger partial charge in [-0.3, -0.25) is 5.41 Å². The average Bonchev–Trinajstić information content (AvgIpc) is 2.45. The van der Waals surface area contributed by atoms with Gasteiger partial charge in [-0.05, 0) is 28.7 Å². The third-order valence-electron chi connectivity index (χ3n) is 3.37. The van der Waals surface area contributed by atoms with Crippen LogP contribution in [0.2, 0.25) is 0 Å². The third kappa shape index (κ3) is 4.09. The molecule has 0 unspecified atom stereocenters. The Morgan fingerprint density at radius 1 is 1.10 bits per heavy atom. The number of ether oxygens (including phenoxy) is 1. The maximum Gasteiger partial charge on any atom is 0.122 e. The average molecular weight is 282 g/mol. The maximum atomic E-state index is 7.37. The van der Waals surface area contributed by atoms with E-state index in [1.54, 1.807) is 0 Å². The van der Waals surface area contributed by atoms with E-state index in [4.69, 9.17) is 15.9 Å². The van der Waals surface area contributed by atoms with Crippen molar-refractivity contribution in [1.29, 1.82) is 5.41 Å². The topological polar surface area (TPSA) is 59.1 Å². The first kappa shape index (κ1) is 15.1. The molecule has 110 valence electrons. The zero-order valence-electron chi connectivity index (χ0n) is 12.8. The van der Waals surface area contributed by atoms with Crippen molar-refractivity contribution in [3.05, 3.63) is 65.2 Å². The molecule has 0 bridgehead atoms. The van der Waals surface area contributed by atoms with Crippen LogP contribution < -0.4 is 10.5 Å². The van der Waals surface area contributed by atoms with Crippen molar-refractivity contribution in [2.75, 3.05) is 0 Å². The highest BCUT2D eigenvalue weighted by Crippen LogP contribution is 2.26. The molecular formula is C18H22N2O. The molecule has 0 saturated heterocycles. The lowest BCUT2D eigenvalue weighted by molar-refractivity contribution is 0.305. The van der Waals surface area contributed by atoms with Gasteiger partial charge in [-0.2, -0.15) is 0 Å². The lowest BCUT2D eigenvalue weighted by atomic mass is 9.87. The number of amidine groups is 1. The fraction of sp³-hybridized carbons (Fsp3) is 0.278. The Labute approximate surface area is 126 Å². The highest BCUT2D eigenvalue weighted by molar-refractivity contribution is 5.94. The zero-order valence-corrected chi connectivity index (χ0v) is 12.8. The van der Waals surface area contributed by atoms with Crippen LogP contribution in [-0.4, -0.2) is 5.84 Å². The van der Waals surface area contributed by atoms with Crippen molar-refractivity contribution < 1.29 is 4.74 Å². The largest absolute Gasteiger partial charge is 0.489 e. The Balaban J connectivity index is 2.04. The second-order valence-electron chi connectivity index (χ2n) is 6.18. The molecule has 3 nitrogen and oxygen atoms in total. The minimum absolute atomic E-state index is 0.0837. The fourth-order valence-electron chi connectivity index (χ4n) is 2.00. The molecule has 2 aromatic carbocycles. The van der Waals surface area contributed by atoms with Gasteiger partial charge in [-0.25, -0.2) is 0 Å². The highest BCUT2D eigenvalue weighted by Gasteiger charge is 2.13. The van der Waals surface area contributed by atoms with Crippen LogP contribution in [0.4, 0.5) is 0 Å². The van der Waals surface area contributed by atoms with Crippen molar-refractivity contribution in [2.24, 2.45) is 5.73 Å². The number of nitrogen functional groups attached to an aromatic ring is 1. The summed E-state index contributed by atoms with van der Waals surface area (Å²) in [6.45, 7) is 7.07. The first-order valence-electron chi connectivity index (χ1n) is 7.03. The molecule has 0 atom stereocenters. The van der Waals surface area contributed by atoms with E-state index in [-0.39, 0.29) is 11.3 Å². The highest BCUT2D eigenvalue weighted by atomic mass is 16.5. The summed E-state index contributed by atoms with van der Waals surface area (Å²) in [6, 6.07) is 15.8. The quantitative estimate of drug-likeness (QED) is 0.661. The molecule has 0 aromatic heterocycles. The second-order valence-corrected chi connectivity index (χ2v) is 6.18. The van der Waals surface area contributed by atoms with E-state index in [0.717, 1.165) is 16.9 Å². The van der Waals surface area contributed by atoms with E-state index in [1.165, 1.54) is 5.56 Å². The molecule has 0 spiro atoms. The van der Waals surface area contributed by atoms with Crippen LogP contribution >= 0.6 is 0 Å². The molecule has 0 aliphatic rings. The molecule has 2 rings (SSSR count). The van der Waals surface area contributed by atoms with Gasteiger partial charge in [0.15, 0.2) is 0 Å². The number of benzene rings is 2. The molecule has 2 aromatic rings. The summed E-state index contributed by atoms with van der Waals surface area (Å²) in [5.41, 5.74) is 8.59. The third-order valence-corrected chi connectivity index (χ3v) is 3.37. The number of nitrogens with two attached hydrogens (primary N) is 1. The summed E-state index contributed by atoms with van der Waals surface area (Å²) in [5.74, 6) is 0.957. The van der Waals surface area contributed by atoms with Gasteiger partial charge in [0.05, 0.1) is 0 Å². The van der Waals surface area contributed by atoms with Gasteiger partial charge in [0.1, 0.15) is 18.2 Å². The normalized spacial score (nSPS) is 11.2. The summed E-state index contributed by atoms with van der Waals surface area (Å²) >= 11 is 0. The summed E-state index contributed by atoms with van der Waals surface area (Å²) in [4.78, 5) is 0. The minimum Gasteiger partial charge on any atom is -0.489 e. The summed E-state index contributed by atoms with van der Waals surface area (Å²) in [6.07, 6.45) is 0. The number of hydrogen-bond donors (Lipinski definition) is 2. The predicted octanol–water partition coefficient (Wildman–Crippen LogP) is 3.85. The SMILES string of the molecule is CC(C)(C)c1cccc(OCc2ccc(C(=N)N)cc2)c1. The van der Waals surface area contributed by atoms with Gasteiger partial charge in [0.2, 0.25) is 0 Å². The summed E-state index contributed by atoms with van der Waals surface area (Å²) in [5, 5.41) is 7.37. The van der Waals surface area contributed by atoms with E-state index in [1.807, 2.05) is 36.4 Å². The second kappa shape index (κ2) is 6.00. The van der Waals surface area contributed by atoms with E-state index < -0.39 is 0 Å². The van der Waals surface area contributed by atoms with Crippen LogP contribution in [0.1, 0.15) is 37.5 Å². The van der Waals surface area contributed by atoms with E-state index in [2.05, 4.69) is 32.9 Å². The molecule has 21 heavy (non-hydrogen) atoms. The Bertz CT molecular complexity index is 624. The van der Waals surface area contributed by atoms with Crippen LogP contribution in [0, 0.1) is 5.41 Å². The van der Waals surface area contributed by atoms with Crippen molar-refractivity contribution in [3.8, 4) is 5.75 Å². The molecule has 0 heterocycles. The van der Waals surface area contributed by atoms with Gasteiger partial charge < -0.3 is 10.5 Å². The lowest BCUT2D eigenvalue weighted by Gasteiger charge is -2.19. The van der Waals surface area contributed by atoms with Crippen molar-refractivity contribution in [1.82, 2.24) is 0 Å². The lowest BCUT2D eigenvalue weighted by Crippen LogP contribution is -2.11. The van der Waals surface area contributed by atoms with Crippen molar-refractivity contribution in [3.63, 3.8) is 0 Å². The molecule has 3 heteroatoms. The van der Waals surface area contributed by atoms with Gasteiger partial charge >= 0.3 is 0 Å². The van der Waals surface area contributed by atoms with Crippen molar-refractivity contribution in [2.45, 2.75) is 32.8 Å². The fourth-order valence-corrected chi connectivity index (χ4v) is 2.00. The Morgan fingerprint density at radius 2 is 1.76 bits per heavy atom. The van der Waals surface area contributed by atoms with Crippen LogP contribution in [-0.2, 0) is 12.0 Å². The van der Waals surface area contributed by atoms with Crippen LogP contribution in [0.15, 0.2) is 48.5 Å². The molecule has 0 fully saturated rings. The standard InChI is InChI=1S/C18H22N2O/c1-18(2,3)15-5-4-6-16(11-15)21-12-13-7-9-14(10-8-13)17(19)20/h4-11H,12H2,1-3H3,(H3,19,20). The Hall–Kier alpha value is -2.29.